The van der Waals surface area contributed by atoms with Crippen molar-refractivity contribution in [2.24, 2.45) is 5.73 Å². The van der Waals surface area contributed by atoms with Crippen molar-refractivity contribution in [3.8, 4) is 23.0 Å². The maximum Gasteiger partial charge on any atom is 0.304 e. The predicted octanol–water partition coefficient (Wildman–Crippen LogP) is 2.54. The minimum Gasteiger partial charge on any atom is -0.481 e. The van der Waals surface area contributed by atoms with Crippen LogP contribution in [0.15, 0.2) is 36.5 Å². The van der Waals surface area contributed by atoms with Crippen molar-refractivity contribution in [3.63, 3.8) is 0 Å². The van der Waals surface area contributed by atoms with Crippen molar-refractivity contribution in [1.82, 2.24) is 25.2 Å². The van der Waals surface area contributed by atoms with Crippen molar-refractivity contribution in [2.75, 3.05) is 0 Å². The Kier molecular flexibility index (Phi) is 7.21. The minimum atomic E-state index is -0.995. The lowest BCUT2D eigenvalue weighted by atomic mass is 10.2. The second kappa shape index (κ2) is 9.40. The van der Waals surface area contributed by atoms with Gasteiger partial charge in [-0.3, -0.25) is 4.79 Å². The SMILES string of the molecule is Cl.NC(CC(=O)O)Cn1nnc(-c2ccc(Oc3ncc(Cl)cc3F)cc2)n1. The van der Waals surface area contributed by atoms with E-state index in [2.05, 4.69) is 20.4 Å². The lowest BCUT2D eigenvalue weighted by Gasteiger charge is -2.06. The Balaban J connectivity index is 0.00000280. The van der Waals surface area contributed by atoms with Gasteiger partial charge in [0, 0.05) is 17.8 Å². The summed E-state index contributed by atoms with van der Waals surface area (Å²) in [6.45, 7) is 0.127. The second-order valence-electron chi connectivity index (χ2n) is 5.59. The topological polar surface area (TPSA) is 129 Å². The van der Waals surface area contributed by atoms with E-state index in [0.29, 0.717) is 17.1 Å². The number of ether oxygens (including phenoxy) is 1. The fourth-order valence-corrected chi connectivity index (χ4v) is 2.34. The summed E-state index contributed by atoms with van der Waals surface area (Å²) >= 11 is 5.65. The van der Waals surface area contributed by atoms with Crippen molar-refractivity contribution in [3.05, 3.63) is 47.4 Å². The van der Waals surface area contributed by atoms with E-state index in [1.54, 1.807) is 24.3 Å². The average Bonchev–Trinajstić information content (AvgIpc) is 3.05. The summed E-state index contributed by atoms with van der Waals surface area (Å²) in [5, 5.41) is 20.8. The summed E-state index contributed by atoms with van der Waals surface area (Å²) < 4.78 is 19.1. The Morgan fingerprint density at radius 1 is 1.36 bits per heavy atom. The highest BCUT2D eigenvalue weighted by atomic mass is 35.5. The van der Waals surface area contributed by atoms with Gasteiger partial charge in [0.25, 0.3) is 5.88 Å². The van der Waals surface area contributed by atoms with Crippen molar-refractivity contribution < 1.29 is 19.0 Å². The maximum absolute atomic E-state index is 13.7. The fraction of sp³-hybridized carbons (Fsp3) is 0.188. The number of nitrogens with two attached hydrogens (primary N) is 1. The molecule has 0 saturated heterocycles. The number of carbonyl (C=O) groups is 1. The minimum absolute atomic E-state index is 0. The number of carboxylic acids is 1. The Hall–Kier alpha value is -2.82. The first-order valence-electron chi connectivity index (χ1n) is 7.75. The third-order valence-electron chi connectivity index (χ3n) is 3.39. The van der Waals surface area contributed by atoms with Crippen LogP contribution in [-0.4, -0.2) is 42.3 Å². The number of tetrazole rings is 1. The summed E-state index contributed by atoms with van der Waals surface area (Å²) in [6, 6.07) is 7.02. The summed E-state index contributed by atoms with van der Waals surface area (Å²) in [7, 11) is 0. The zero-order valence-corrected chi connectivity index (χ0v) is 15.8. The van der Waals surface area contributed by atoms with Gasteiger partial charge in [-0.2, -0.15) is 4.80 Å². The van der Waals surface area contributed by atoms with Gasteiger partial charge in [0.2, 0.25) is 5.82 Å². The number of hydrogen-bond donors (Lipinski definition) is 2. The zero-order chi connectivity index (χ0) is 19.4. The molecule has 2 heterocycles. The average molecular weight is 429 g/mol. The molecule has 1 atom stereocenters. The Labute approximate surface area is 169 Å². The lowest BCUT2D eigenvalue weighted by Crippen LogP contribution is -2.30. The van der Waals surface area contributed by atoms with Crippen LogP contribution in [0.3, 0.4) is 0 Å². The van der Waals surface area contributed by atoms with Gasteiger partial charge in [-0.25, -0.2) is 9.37 Å². The smallest absolute Gasteiger partial charge is 0.304 e. The molecule has 148 valence electrons. The van der Waals surface area contributed by atoms with E-state index in [1.807, 2.05) is 0 Å². The molecule has 1 unspecified atom stereocenters. The molecule has 12 heteroatoms. The molecule has 1 aromatic carbocycles. The molecule has 0 spiro atoms. The Morgan fingerprint density at radius 2 is 2.07 bits per heavy atom. The first-order valence-corrected chi connectivity index (χ1v) is 8.13. The van der Waals surface area contributed by atoms with Crippen LogP contribution in [0.2, 0.25) is 5.02 Å². The number of halogens is 3. The number of benzene rings is 1. The molecule has 0 aliphatic carbocycles. The molecule has 3 rings (SSSR count). The van der Waals surface area contributed by atoms with Crippen molar-refractivity contribution in [2.45, 2.75) is 19.0 Å². The molecule has 0 radical (unpaired) electrons. The number of hydrogen-bond acceptors (Lipinski definition) is 7. The van der Waals surface area contributed by atoms with Crippen LogP contribution in [0.1, 0.15) is 6.42 Å². The molecule has 9 nitrogen and oxygen atoms in total. The van der Waals surface area contributed by atoms with Crippen LogP contribution in [0.25, 0.3) is 11.4 Å². The molecule has 0 saturated carbocycles. The highest BCUT2D eigenvalue weighted by Crippen LogP contribution is 2.25. The molecule has 3 N–H and O–H groups in total. The molecular weight excluding hydrogens is 414 g/mol. The molecule has 0 amide bonds. The predicted molar refractivity (Wildman–Crippen MR) is 100 cm³/mol. The lowest BCUT2D eigenvalue weighted by molar-refractivity contribution is -0.137. The van der Waals surface area contributed by atoms with E-state index >= 15 is 0 Å². The number of pyridine rings is 1. The van der Waals surface area contributed by atoms with Gasteiger partial charge in [-0.05, 0) is 35.5 Å². The van der Waals surface area contributed by atoms with Crippen LogP contribution in [0.5, 0.6) is 11.6 Å². The third-order valence-corrected chi connectivity index (χ3v) is 3.60. The van der Waals surface area contributed by atoms with Gasteiger partial charge in [0.05, 0.1) is 18.0 Å². The van der Waals surface area contributed by atoms with E-state index in [-0.39, 0.29) is 36.3 Å². The molecule has 0 aliphatic rings. The Bertz CT molecular complexity index is 954. The highest BCUT2D eigenvalue weighted by Gasteiger charge is 2.13. The molecule has 2 aromatic heterocycles. The third kappa shape index (κ3) is 5.59. The van der Waals surface area contributed by atoms with Crippen LogP contribution in [0.4, 0.5) is 4.39 Å². The van der Waals surface area contributed by atoms with Crippen LogP contribution in [0, 0.1) is 5.82 Å². The van der Waals surface area contributed by atoms with E-state index in [0.717, 1.165) is 6.07 Å². The van der Waals surface area contributed by atoms with Gasteiger partial charge in [-0.1, -0.05) is 11.6 Å². The Morgan fingerprint density at radius 3 is 2.71 bits per heavy atom. The van der Waals surface area contributed by atoms with E-state index in [4.69, 9.17) is 27.2 Å². The number of nitrogens with zero attached hydrogens (tertiary/aromatic N) is 5. The quantitative estimate of drug-likeness (QED) is 0.586. The highest BCUT2D eigenvalue weighted by molar-refractivity contribution is 6.30. The molecule has 3 aromatic rings. The zero-order valence-electron chi connectivity index (χ0n) is 14.2. The van der Waals surface area contributed by atoms with E-state index in [1.165, 1.54) is 11.0 Å². The second-order valence-corrected chi connectivity index (χ2v) is 6.03. The van der Waals surface area contributed by atoms with Crippen LogP contribution < -0.4 is 10.5 Å². The van der Waals surface area contributed by atoms with E-state index < -0.39 is 17.8 Å². The molecular formula is C16H15Cl2FN6O3. The van der Waals surface area contributed by atoms with Gasteiger partial charge >= 0.3 is 5.97 Å². The van der Waals surface area contributed by atoms with Gasteiger partial charge in [0.15, 0.2) is 5.82 Å². The first-order chi connectivity index (χ1) is 12.9. The first kappa shape index (κ1) is 21.5. The monoisotopic (exact) mass is 428 g/mol. The van der Waals surface area contributed by atoms with Gasteiger partial charge in [0.1, 0.15) is 5.75 Å². The van der Waals surface area contributed by atoms with Gasteiger partial charge < -0.3 is 15.6 Å². The molecule has 0 fully saturated rings. The summed E-state index contributed by atoms with van der Waals surface area (Å²) in [5.74, 6) is -1.16. The standard InChI is InChI=1S/C16H14ClFN6O3.ClH/c17-10-5-13(18)16(20-7-10)27-12-3-1-9(2-4-12)15-21-23-24(22-15)8-11(19)6-14(25)26;/h1-5,7,11H,6,8,19H2,(H,25,26);1H. The van der Waals surface area contributed by atoms with Gasteiger partial charge in [-0.15, -0.1) is 22.6 Å². The number of rotatable bonds is 7. The normalized spacial score (nSPS) is 11.5. The summed E-state index contributed by atoms with van der Waals surface area (Å²) in [6.07, 6.45) is 1.09. The van der Waals surface area contributed by atoms with Crippen molar-refractivity contribution in [1.29, 1.82) is 0 Å². The largest absolute Gasteiger partial charge is 0.481 e. The van der Waals surface area contributed by atoms with E-state index in [9.17, 15) is 9.18 Å². The maximum atomic E-state index is 13.7. The number of aromatic nitrogens is 5. The fourth-order valence-electron chi connectivity index (χ4n) is 2.20. The number of aliphatic carboxylic acids is 1. The number of carboxylic acid groups (broad SMARTS) is 1. The summed E-state index contributed by atoms with van der Waals surface area (Å²) in [4.78, 5) is 15.7. The van der Waals surface area contributed by atoms with Crippen LogP contribution in [-0.2, 0) is 11.3 Å². The van der Waals surface area contributed by atoms with Crippen LogP contribution >= 0.6 is 24.0 Å². The molecule has 28 heavy (non-hydrogen) atoms. The van der Waals surface area contributed by atoms with Crippen molar-refractivity contribution >= 4 is 30.0 Å². The molecule has 0 bridgehead atoms. The molecule has 0 aliphatic heterocycles. The summed E-state index contributed by atoms with van der Waals surface area (Å²) in [5.41, 5.74) is 6.34.